The fraction of sp³-hybridized carbons (Fsp3) is 0.800. The van der Waals surface area contributed by atoms with Crippen molar-refractivity contribution < 1.29 is 4.74 Å². The van der Waals surface area contributed by atoms with Crippen molar-refractivity contribution in [2.45, 2.75) is 40.2 Å². The van der Waals surface area contributed by atoms with Gasteiger partial charge < -0.3 is 4.74 Å². The van der Waals surface area contributed by atoms with Crippen molar-refractivity contribution in [3.63, 3.8) is 0 Å². The van der Waals surface area contributed by atoms with Crippen LogP contribution >= 0.6 is 0 Å². The van der Waals surface area contributed by atoms with Crippen LogP contribution in [-0.2, 0) is 4.74 Å². The van der Waals surface area contributed by atoms with Crippen molar-refractivity contribution in [3.05, 3.63) is 12.2 Å². The van der Waals surface area contributed by atoms with Gasteiger partial charge in [0, 0.05) is 0 Å². The molecule has 0 fully saturated rings. The maximum atomic E-state index is 5.49. The highest BCUT2D eigenvalue weighted by Crippen LogP contribution is 2.06. The standard InChI is InChI=1S/C10H20O/c1-9(2)7-6-8-11-10(3,4)5/h6-7,9H,8H2,1-5H3. The molecular formula is C10H20O. The second-order valence-corrected chi connectivity index (χ2v) is 4.10. The van der Waals surface area contributed by atoms with E-state index in [9.17, 15) is 0 Å². The lowest BCUT2D eigenvalue weighted by atomic mass is 10.2. The van der Waals surface area contributed by atoms with Crippen LogP contribution in [0.1, 0.15) is 34.6 Å². The van der Waals surface area contributed by atoms with Gasteiger partial charge in [-0.2, -0.15) is 0 Å². The topological polar surface area (TPSA) is 9.23 Å². The van der Waals surface area contributed by atoms with E-state index < -0.39 is 0 Å². The van der Waals surface area contributed by atoms with Crippen LogP contribution in [-0.4, -0.2) is 12.2 Å². The number of allylic oxidation sites excluding steroid dienone is 1. The summed E-state index contributed by atoms with van der Waals surface area (Å²) < 4.78 is 5.49. The predicted molar refractivity (Wildman–Crippen MR) is 49.7 cm³/mol. The zero-order chi connectivity index (χ0) is 8.91. The number of rotatable bonds is 3. The SMILES string of the molecule is CC(C)C=CCOC(C)(C)C. The molecular weight excluding hydrogens is 136 g/mol. The van der Waals surface area contributed by atoms with E-state index in [1.807, 2.05) is 0 Å². The summed E-state index contributed by atoms with van der Waals surface area (Å²) in [6.07, 6.45) is 4.24. The molecule has 0 N–H and O–H groups in total. The summed E-state index contributed by atoms with van der Waals surface area (Å²) in [6.45, 7) is 11.2. The average molecular weight is 156 g/mol. The third kappa shape index (κ3) is 9.70. The highest BCUT2D eigenvalue weighted by molar-refractivity contribution is 4.84. The van der Waals surface area contributed by atoms with E-state index in [1.54, 1.807) is 0 Å². The number of hydrogen-bond donors (Lipinski definition) is 0. The van der Waals surface area contributed by atoms with Crippen molar-refractivity contribution >= 4 is 0 Å². The lowest BCUT2D eigenvalue weighted by molar-refractivity contribution is 0.0148. The van der Waals surface area contributed by atoms with Gasteiger partial charge in [-0.05, 0) is 26.7 Å². The summed E-state index contributed by atoms with van der Waals surface area (Å²) >= 11 is 0. The second kappa shape index (κ2) is 4.55. The maximum absolute atomic E-state index is 5.49. The summed E-state index contributed by atoms with van der Waals surface area (Å²) in [5.74, 6) is 0.624. The normalized spacial score (nSPS) is 13.3. The molecule has 66 valence electrons. The first kappa shape index (κ1) is 10.7. The average Bonchev–Trinajstić information content (AvgIpc) is 1.78. The van der Waals surface area contributed by atoms with Gasteiger partial charge in [0.25, 0.3) is 0 Å². The molecule has 1 heteroatoms. The van der Waals surface area contributed by atoms with Crippen molar-refractivity contribution in [1.82, 2.24) is 0 Å². The Bertz CT molecular complexity index is 117. The van der Waals surface area contributed by atoms with E-state index in [2.05, 4.69) is 46.8 Å². The minimum absolute atomic E-state index is 0.0126. The monoisotopic (exact) mass is 156 g/mol. The first-order chi connectivity index (χ1) is 4.92. The summed E-state index contributed by atoms with van der Waals surface area (Å²) in [4.78, 5) is 0. The molecule has 0 bridgehead atoms. The van der Waals surface area contributed by atoms with Crippen molar-refractivity contribution in [2.75, 3.05) is 6.61 Å². The van der Waals surface area contributed by atoms with Crippen LogP contribution in [0.5, 0.6) is 0 Å². The molecule has 0 amide bonds. The molecule has 0 spiro atoms. The molecule has 0 aliphatic rings. The third-order valence-electron chi connectivity index (χ3n) is 1.13. The number of ether oxygens (including phenoxy) is 1. The Kier molecular flexibility index (Phi) is 4.43. The zero-order valence-corrected chi connectivity index (χ0v) is 8.35. The Hall–Kier alpha value is -0.300. The minimum Gasteiger partial charge on any atom is -0.372 e. The molecule has 0 aliphatic carbocycles. The molecule has 0 aromatic rings. The molecule has 11 heavy (non-hydrogen) atoms. The van der Waals surface area contributed by atoms with Gasteiger partial charge >= 0.3 is 0 Å². The Morgan fingerprint density at radius 1 is 1.27 bits per heavy atom. The molecule has 0 atom stereocenters. The summed E-state index contributed by atoms with van der Waals surface area (Å²) in [5.41, 5.74) is -0.0126. The second-order valence-electron chi connectivity index (χ2n) is 4.10. The summed E-state index contributed by atoms with van der Waals surface area (Å²) in [6, 6.07) is 0. The molecule has 0 unspecified atom stereocenters. The Balaban J connectivity index is 3.42. The zero-order valence-electron chi connectivity index (χ0n) is 8.35. The summed E-state index contributed by atoms with van der Waals surface area (Å²) in [5, 5.41) is 0. The van der Waals surface area contributed by atoms with Gasteiger partial charge in [-0.3, -0.25) is 0 Å². The van der Waals surface area contributed by atoms with Gasteiger partial charge in [0.2, 0.25) is 0 Å². The Labute approximate surface area is 70.4 Å². The van der Waals surface area contributed by atoms with Crippen molar-refractivity contribution in [1.29, 1.82) is 0 Å². The highest BCUT2D eigenvalue weighted by Gasteiger charge is 2.07. The first-order valence-corrected chi connectivity index (χ1v) is 4.22. The van der Waals surface area contributed by atoms with E-state index in [-0.39, 0.29) is 5.60 Å². The Morgan fingerprint density at radius 3 is 2.18 bits per heavy atom. The number of hydrogen-bond acceptors (Lipinski definition) is 1. The van der Waals surface area contributed by atoms with E-state index in [4.69, 9.17) is 4.74 Å². The van der Waals surface area contributed by atoms with Crippen LogP contribution in [0.15, 0.2) is 12.2 Å². The van der Waals surface area contributed by atoms with Gasteiger partial charge in [-0.25, -0.2) is 0 Å². The Morgan fingerprint density at radius 2 is 1.82 bits per heavy atom. The lowest BCUT2D eigenvalue weighted by Crippen LogP contribution is -2.18. The fourth-order valence-corrected chi connectivity index (χ4v) is 0.626. The molecule has 0 aromatic heterocycles. The highest BCUT2D eigenvalue weighted by atomic mass is 16.5. The van der Waals surface area contributed by atoms with E-state index in [1.165, 1.54) is 0 Å². The fourth-order valence-electron chi connectivity index (χ4n) is 0.626. The smallest absolute Gasteiger partial charge is 0.0654 e. The molecule has 0 aromatic carbocycles. The lowest BCUT2D eigenvalue weighted by Gasteiger charge is -2.17. The van der Waals surface area contributed by atoms with Gasteiger partial charge in [0.05, 0.1) is 12.2 Å². The van der Waals surface area contributed by atoms with Crippen LogP contribution < -0.4 is 0 Å². The molecule has 0 radical (unpaired) electrons. The first-order valence-electron chi connectivity index (χ1n) is 4.22. The van der Waals surface area contributed by atoms with Gasteiger partial charge in [-0.15, -0.1) is 0 Å². The van der Waals surface area contributed by atoms with Crippen LogP contribution in [0, 0.1) is 5.92 Å². The summed E-state index contributed by atoms with van der Waals surface area (Å²) in [7, 11) is 0. The third-order valence-corrected chi connectivity index (χ3v) is 1.13. The molecule has 0 rings (SSSR count). The van der Waals surface area contributed by atoms with Crippen LogP contribution in [0.4, 0.5) is 0 Å². The van der Waals surface area contributed by atoms with E-state index in [0.29, 0.717) is 5.92 Å². The molecule has 0 aliphatic heterocycles. The van der Waals surface area contributed by atoms with Crippen molar-refractivity contribution in [2.24, 2.45) is 5.92 Å². The predicted octanol–water partition coefficient (Wildman–Crippen LogP) is 3.01. The van der Waals surface area contributed by atoms with Crippen LogP contribution in [0.3, 0.4) is 0 Å². The van der Waals surface area contributed by atoms with Crippen LogP contribution in [0.2, 0.25) is 0 Å². The molecule has 0 saturated heterocycles. The minimum atomic E-state index is -0.0126. The maximum Gasteiger partial charge on any atom is 0.0654 e. The quantitative estimate of drug-likeness (QED) is 0.571. The van der Waals surface area contributed by atoms with Gasteiger partial charge in [-0.1, -0.05) is 26.0 Å². The molecule has 1 nitrogen and oxygen atoms in total. The van der Waals surface area contributed by atoms with Crippen LogP contribution in [0.25, 0.3) is 0 Å². The van der Waals surface area contributed by atoms with E-state index >= 15 is 0 Å². The van der Waals surface area contributed by atoms with Gasteiger partial charge in [0.15, 0.2) is 0 Å². The van der Waals surface area contributed by atoms with Gasteiger partial charge in [0.1, 0.15) is 0 Å². The van der Waals surface area contributed by atoms with E-state index in [0.717, 1.165) is 6.61 Å². The molecule has 0 heterocycles. The van der Waals surface area contributed by atoms with Crippen molar-refractivity contribution in [3.8, 4) is 0 Å². The molecule has 0 saturated carbocycles. The largest absolute Gasteiger partial charge is 0.372 e.